The highest BCUT2D eigenvalue weighted by atomic mass is 16.3. The molecule has 4 N–H and O–H groups in total. The fourth-order valence-corrected chi connectivity index (χ4v) is 2.08. The number of para-hydroxylation sites is 1. The molecule has 0 bridgehead atoms. The Hall–Kier alpha value is -2.14. The van der Waals surface area contributed by atoms with Gasteiger partial charge in [0.2, 0.25) is 0 Å². The van der Waals surface area contributed by atoms with Crippen molar-refractivity contribution in [1.29, 1.82) is 0 Å². The predicted molar refractivity (Wildman–Crippen MR) is 90.0 cm³/mol. The first-order valence-electron chi connectivity index (χ1n) is 7.53. The number of phenolic OH excluding ortho intramolecular Hbond substituents is 1. The quantitative estimate of drug-likeness (QED) is 0.739. The van der Waals surface area contributed by atoms with E-state index in [2.05, 4.69) is 36.1 Å². The second-order valence-electron chi connectivity index (χ2n) is 6.29. The Balaban J connectivity index is 2.48. The van der Waals surface area contributed by atoms with Crippen molar-refractivity contribution in [3.63, 3.8) is 0 Å². The van der Waals surface area contributed by atoms with E-state index in [0.717, 1.165) is 30.2 Å². The summed E-state index contributed by atoms with van der Waals surface area (Å²) in [7, 11) is 0. The van der Waals surface area contributed by atoms with E-state index >= 15 is 0 Å². The van der Waals surface area contributed by atoms with Crippen molar-refractivity contribution in [2.75, 3.05) is 18.4 Å². The minimum Gasteiger partial charge on any atom is -0.507 e. The third kappa shape index (κ3) is 3.74. The van der Waals surface area contributed by atoms with Crippen LogP contribution in [0.1, 0.15) is 33.0 Å². The van der Waals surface area contributed by atoms with Crippen LogP contribution in [0.2, 0.25) is 0 Å². The van der Waals surface area contributed by atoms with Crippen LogP contribution >= 0.6 is 0 Å². The molecule has 5 heteroatoms. The first kappa shape index (κ1) is 16.2. The smallest absolute Gasteiger partial charge is 0.134 e. The lowest BCUT2D eigenvalue weighted by Gasteiger charge is -2.19. The average molecular weight is 300 g/mol. The molecular weight excluding hydrogens is 276 g/mol. The Kier molecular flexibility index (Phi) is 4.98. The Morgan fingerprint density at radius 2 is 1.95 bits per heavy atom. The van der Waals surface area contributed by atoms with Gasteiger partial charge < -0.3 is 16.2 Å². The summed E-state index contributed by atoms with van der Waals surface area (Å²) in [5, 5.41) is 13.4. The predicted octanol–water partition coefficient (Wildman–Crippen LogP) is 2.91. The molecule has 118 valence electrons. The number of hydrogen-bond acceptors (Lipinski definition) is 5. The van der Waals surface area contributed by atoms with E-state index in [0.29, 0.717) is 12.1 Å². The molecule has 0 fully saturated rings. The number of anilines is 1. The lowest BCUT2D eigenvalue weighted by atomic mass is 9.95. The van der Waals surface area contributed by atoms with E-state index in [9.17, 15) is 5.11 Å². The number of aromatic nitrogens is 2. The number of aromatic hydroxyl groups is 1. The fraction of sp³-hybridized carbons (Fsp3) is 0.412. The number of phenols is 1. The second kappa shape index (κ2) is 6.75. The maximum absolute atomic E-state index is 10.1. The highest BCUT2D eigenvalue weighted by Crippen LogP contribution is 2.33. The van der Waals surface area contributed by atoms with Crippen molar-refractivity contribution >= 4 is 5.69 Å². The summed E-state index contributed by atoms with van der Waals surface area (Å²) in [5.41, 5.74) is 7.60. The van der Waals surface area contributed by atoms with Crippen LogP contribution in [0, 0.1) is 0 Å². The van der Waals surface area contributed by atoms with Crippen molar-refractivity contribution in [2.45, 2.75) is 32.6 Å². The van der Waals surface area contributed by atoms with E-state index in [1.165, 1.54) is 0 Å². The number of benzene rings is 1. The van der Waals surface area contributed by atoms with Crippen LogP contribution in [-0.2, 0) is 5.41 Å². The van der Waals surface area contributed by atoms with Crippen molar-refractivity contribution in [3.05, 3.63) is 36.3 Å². The molecule has 0 aliphatic rings. The largest absolute Gasteiger partial charge is 0.507 e. The van der Waals surface area contributed by atoms with Gasteiger partial charge in [-0.25, -0.2) is 9.97 Å². The van der Waals surface area contributed by atoms with Gasteiger partial charge in [-0.1, -0.05) is 32.9 Å². The summed E-state index contributed by atoms with van der Waals surface area (Å²) >= 11 is 0. The van der Waals surface area contributed by atoms with Crippen LogP contribution in [-0.4, -0.2) is 28.2 Å². The summed E-state index contributed by atoms with van der Waals surface area (Å²) in [6, 6.07) is 7.21. The molecule has 0 aliphatic heterocycles. The molecule has 2 aromatic rings. The van der Waals surface area contributed by atoms with Gasteiger partial charge in [-0.3, -0.25) is 0 Å². The molecule has 0 saturated heterocycles. The number of rotatable bonds is 5. The van der Waals surface area contributed by atoms with Gasteiger partial charge in [-0.05, 0) is 25.1 Å². The van der Waals surface area contributed by atoms with Gasteiger partial charge in [0.25, 0.3) is 0 Å². The maximum atomic E-state index is 10.1. The molecule has 1 heterocycles. The molecule has 5 nitrogen and oxygen atoms in total. The standard InChI is InChI=1S/C17H24N4O/c1-17(2,3)16-20-11-13(19-10-6-9-18)15(21-16)12-7-4-5-8-14(12)22/h4-5,7-8,11,19,22H,6,9-10,18H2,1-3H3. The zero-order chi connectivity index (χ0) is 16.2. The molecule has 22 heavy (non-hydrogen) atoms. The summed E-state index contributed by atoms with van der Waals surface area (Å²) in [5.74, 6) is 0.957. The van der Waals surface area contributed by atoms with Crippen LogP contribution in [0.5, 0.6) is 5.75 Å². The molecular formula is C17H24N4O. The Bertz CT molecular complexity index is 635. The van der Waals surface area contributed by atoms with E-state index in [-0.39, 0.29) is 11.2 Å². The summed E-state index contributed by atoms with van der Waals surface area (Å²) in [6.45, 7) is 7.57. The highest BCUT2D eigenvalue weighted by molar-refractivity contribution is 5.77. The molecule has 0 atom stereocenters. The topological polar surface area (TPSA) is 84.1 Å². The van der Waals surface area contributed by atoms with Gasteiger partial charge >= 0.3 is 0 Å². The maximum Gasteiger partial charge on any atom is 0.134 e. The fourth-order valence-electron chi connectivity index (χ4n) is 2.08. The van der Waals surface area contributed by atoms with Gasteiger partial charge in [0.1, 0.15) is 17.3 Å². The summed E-state index contributed by atoms with van der Waals surface area (Å²) in [6.07, 6.45) is 2.65. The van der Waals surface area contributed by atoms with Crippen molar-refractivity contribution in [1.82, 2.24) is 9.97 Å². The average Bonchev–Trinajstić information content (AvgIpc) is 2.47. The first-order chi connectivity index (χ1) is 10.4. The van der Waals surface area contributed by atoms with E-state index in [1.54, 1.807) is 18.3 Å². The zero-order valence-electron chi connectivity index (χ0n) is 13.4. The van der Waals surface area contributed by atoms with Crippen molar-refractivity contribution in [3.8, 4) is 17.0 Å². The summed E-state index contributed by atoms with van der Waals surface area (Å²) in [4.78, 5) is 9.15. The van der Waals surface area contributed by atoms with E-state index < -0.39 is 0 Å². The van der Waals surface area contributed by atoms with E-state index in [4.69, 9.17) is 5.73 Å². The first-order valence-corrected chi connectivity index (χ1v) is 7.53. The Labute approximate surface area is 131 Å². The minimum absolute atomic E-state index is 0.158. The zero-order valence-corrected chi connectivity index (χ0v) is 13.4. The van der Waals surface area contributed by atoms with E-state index in [1.807, 2.05) is 12.1 Å². The molecule has 0 unspecified atom stereocenters. The van der Waals surface area contributed by atoms with Crippen molar-refractivity contribution in [2.24, 2.45) is 5.73 Å². The highest BCUT2D eigenvalue weighted by Gasteiger charge is 2.20. The van der Waals surface area contributed by atoms with Crippen LogP contribution in [0.4, 0.5) is 5.69 Å². The van der Waals surface area contributed by atoms with Gasteiger partial charge in [-0.15, -0.1) is 0 Å². The van der Waals surface area contributed by atoms with Gasteiger partial charge in [0, 0.05) is 17.5 Å². The normalized spacial score (nSPS) is 11.5. The molecule has 1 aromatic heterocycles. The van der Waals surface area contributed by atoms with Crippen LogP contribution in [0.25, 0.3) is 11.3 Å². The van der Waals surface area contributed by atoms with Crippen LogP contribution in [0.15, 0.2) is 30.5 Å². The minimum atomic E-state index is -0.158. The number of nitrogens with one attached hydrogen (secondary N) is 1. The molecule has 1 aromatic carbocycles. The molecule has 0 saturated carbocycles. The lowest BCUT2D eigenvalue weighted by Crippen LogP contribution is -2.17. The van der Waals surface area contributed by atoms with Gasteiger partial charge in [0.05, 0.1) is 11.9 Å². The van der Waals surface area contributed by atoms with Gasteiger partial charge in [-0.2, -0.15) is 0 Å². The van der Waals surface area contributed by atoms with Gasteiger partial charge in [0.15, 0.2) is 0 Å². The van der Waals surface area contributed by atoms with Crippen molar-refractivity contribution < 1.29 is 5.11 Å². The SMILES string of the molecule is CC(C)(C)c1ncc(NCCCN)c(-c2ccccc2O)n1. The summed E-state index contributed by atoms with van der Waals surface area (Å²) < 4.78 is 0. The van der Waals surface area contributed by atoms with Crippen LogP contribution < -0.4 is 11.1 Å². The monoisotopic (exact) mass is 300 g/mol. The molecule has 0 spiro atoms. The Morgan fingerprint density at radius 1 is 1.23 bits per heavy atom. The molecule has 0 amide bonds. The second-order valence-corrected chi connectivity index (χ2v) is 6.29. The third-order valence-corrected chi connectivity index (χ3v) is 3.32. The molecule has 0 aliphatic carbocycles. The Morgan fingerprint density at radius 3 is 2.59 bits per heavy atom. The lowest BCUT2D eigenvalue weighted by molar-refractivity contribution is 0.477. The number of nitrogens with zero attached hydrogens (tertiary/aromatic N) is 2. The number of hydrogen-bond donors (Lipinski definition) is 3. The molecule has 2 rings (SSSR count). The van der Waals surface area contributed by atoms with Crippen LogP contribution in [0.3, 0.4) is 0 Å². The molecule has 0 radical (unpaired) electrons. The third-order valence-electron chi connectivity index (χ3n) is 3.32. The number of nitrogens with two attached hydrogens (primary N) is 1.